The number of para-hydroxylation sites is 3. The molecule has 1 aromatic heterocycles. The van der Waals surface area contributed by atoms with Gasteiger partial charge in [-0.3, -0.25) is 14.5 Å². The van der Waals surface area contributed by atoms with Crippen molar-refractivity contribution in [1.29, 1.82) is 0 Å². The fourth-order valence-corrected chi connectivity index (χ4v) is 4.42. The molecule has 1 N–H and O–H groups in total. The number of rotatable bonds is 6. The van der Waals surface area contributed by atoms with Crippen molar-refractivity contribution in [2.45, 2.75) is 19.1 Å². The topological polar surface area (TPSA) is 78.7 Å². The van der Waals surface area contributed by atoms with Gasteiger partial charge in [0.05, 0.1) is 12.3 Å². The molecule has 0 saturated carbocycles. The largest absolute Gasteiger partial charge is 0.431 e. The molecular formula is C23H26N4O3S. The maximum absolute atomic E-state index is 12.6. The van der Waals surface area contributed by atoms with E-state index in [0.29, 0.717) is 43.7 Å². The Morgan fingerprint density at radius 1 is 1.03 bits per heavy atom. The van der Waals surface area contributed by atoms with Crippen LogP contribution >= 0.6 is 11.8 Å². The number of thioether (sulfide) groups is 1. The molecule has 0 bridgehead atoms. The number of carbonyl (C=O) groups excluding carboxylic acids is 2. The van der Waals surface area contributed by atoms with E-state index in [1.165, 1.54) is 11.8 Å². The van der Waals surface area contributed by atoms with Crippen LogP contribution in [0.25, 0.3) is 11.1 Å². The van der Waals surface area contributed by atoms with Gasteiger partial charge in [0.15, 0.2) is 5.58 Å². The highest BCUT2D eigenvalue weighted by molar-refractivity contribution is 7.99. The van der Waals surface area contributed by atoms with Crippen molar-refractivity contribution >= 4 is 40.4 Å². The lowest BCUT2D eigenvalue weighted by Crippen LogP contribution is -2.50. The minimum absolute atomic E-state index is 0.0244. The van der Waals surface area contributed by atoms with Crippen molar-refractivity contribution < 1.29 is 14.0 Å². The zero-order valence-corrected chi connectivity index (χ0v) is 18.6. The highest BCUT2D eigenvalue weighted by Gasteiger charge is 2.23. The Bertz CT molecular complexity index is 1040. The summed E-state index contributed by atoms with van der Waals surface area (Å²) in [5.41, 5.74) is 4.52. The summed E-state index contributed by atoms with van der Waals surface area (Å²) in [7, 11) is 0. The fourth-order valence-electron chi connectivity index (χ4n) is 3.68. The van der Waals surface area contributed by atoms with Gasteiger partial charge in [-0.15, -0.1) is 0 Å². The van der Waals surface area contributed by atoms with Crippen LogP contribution in [0.5, 0.6) is 0 Å². The quantitative estimate of drug-likeness (QED) is 0.595. The van der Waals surface area contributed by atoms with Crippen LogP contribution in [0.4, 0.5) is 5.69 Å². The van der Waals surface area contributed by atoms with E-state index in [1.807, 2.05) is 61.2 Å². The SMILES string of the molecule is Cc1cccc(C)c1NC(=O)CN1CCN(C(=O)CSc2nc3ccccc3o2)CC1. The monoisotopic (exact) mass is 438 g/mol. The third-order valence-corrected chi connectivity index (χ3v) is 6.24. The maximum atomic E-state index is 12.6. The van der Waals surface area contributed by atoms with E-state index in [0.717, 1.165) is 27.9 Å². The van der Waals surface area contributed by atoms with Crippen LogP contribution < -0.4 is 5.32 Å². The smallest absolute Gasteiger partial charge is 0.257 e. The van der Waals surface area contributed by atoms with Crippen LogP contribution in [-0.2, 0) is 9.59 Å². The van der Waals surface area contributed by atoms with Crippen molar-refractivity contribution in [3.05, 3.63) is 53.6 Å². The van der Waals surface area contributed by atoms with Gasteiger partial charge in [-0.25, -0.2) is 4.98 Å². The molecule has 4 rings (SSSR count). The fraction of sp³-hybridized carbons (Fsp3) is 0.348. The Balaban J connectivity index is 1.22. The highest BCUT2D eigenvalue weighted by Crippen LogP contribution is 2.23. The van der Waals surface area contributed by atoms with E-state index >= 15 is 0 Å². The Labute approximate surface area is 185 Å². The normalized spacial score (nSPS) is 14.7. The van der Waals surface area contributed by atoms with Crippen molar-refractivity contribution in [3.63, 3.8) is 0 Å². The summed E-state index contributed by atoms with van der Waals surface area (Å²) in [6, 6.07) is 13.5. The second-order valence-electron chi connectivity index (χ2n) is 7.71. The third kappa shape index (κ3) is 5.26. The van der Waals surface area contributed by atoms with Crippen molar-refractivity contribution in [2.24, 2.45) is 0 Å². The number of amides is 2. The number of nitrogens with zero attached hydrogens (tertiary/aromatic N) is 3. The first-order chi connectivity index (χ1) is 15.0. The second kappa shape index (κ2) is 9.53. The summed E-state index contributed by atoms with van der Waals surface area (Å²) in [6.07, 6.45) is 0. The number of anilines is 1. The van der Waals surface area contributed by atoms with Crippen molar-refractivity contribution in [3.8, 4) is 0 Å². The Hall–Kier alpha value is -2.84. The van der Waals surface area contributed by atoms with E-state index in [1.54, 1.807) is 0 Å². The predicted octanol–water partition coefficient (Wildman–Crippen LogP) is 3.32. The first kappa shape index (κ1) is 21.4. The number of aryl methyl sites for hydroxylation is 2. The van der Waals surface area contributed by atoms with Crippen LogP contribution in [0.1, 0.15) is 11.1 Å². The summed E-state index contributed by atoms with van der Waals surface area (Å²) in [4.78, 5) is 33.4. The summed E-state index contributed by atoms with van der Waals surface area (Å²) >= 11 is 1.32. The third-order valence-electron chi connectivity index (χ3n) is 5.43. The van der Waals surface area contributed by atoms with Crippen molar-refractivity contribution in [2.75, 3.05) is 43.8 Å². The average Bonchev–Trinajstić information content (AvgIpc) is 3.18. The zero-order valence-electron chi connectivity index (χ0n) is 17.8. The van der Waals surface area contributed by atoms with E-state index in [4.69, 9.17) is 4.42 Å². The second-order valence-corrected chi connectivity index (χ2v) is 8.63. The van der Waals surface area contributed by atoms with Crippen LogP contribution in [0, 0.1) is 13.8 Å². The van der Waals surface area contributed by atoms with Gasteiger partial charge in [-0.05, 0) is 37.1 Å². The van der Waals surface area contributed by atoms with E-state index in [9.17, 15) is 9.59 Å². The van der Waals surface area contributed by atoms with Gasteiger partial charge >= 0.3 is 0 Å². The Morgan fingerprint density at radius 3 is 2.45 bits per heavy atom. The zero-order chi connectivity index (χ0) is 21.8. The molecule has 2 aromatic carbocycles. The lowest BCUT2D eigenvalue weighted by Gasteiger charge is -2.34. The molecule has 0 atom stereocenters. The molecular weight excluding hydrogens is 412 g/mol. The summed E-state index contributed by atoms with van der Waals surface area (Å²) in [6.45, 7) is 6.90. The Kier molecular flexibility index (Phi) is 6.58. The number of nitrogens with one attached hydrogen (secondary N) is 1. The summed E-state index contributed by atoms with van der Waals surface area (Å²) < 4.78 is 5.66. The van der Waals surface area contributed by atoms with Gasteiger partial charge in [0.1, 0.15) is 5.52 Å². The lowest BCUT2D eigenvalue weighted by atomic mass is 10.1. The molecule has 0 unspecified atom stereocenters. The first-order valence-electron chi connectivity index (χ1n) is 10.3. The number of hydrogen-bond acceptors (Lipinski definition) is 6. The molecule has 1 aliphatic heterocycles. The van der Waals surface area contributed by atoms with Crippen LogP contribution in [0.2, 0.25) is 0 Å². The number of hydrogen-bond donors (Lipinski definition) is 1. The number of piperazine rings is 1. The predicted molar refractivity (Wildman–Crippen MR) is 122 cm³/mol. The minimum atomic E-state index is -0.0244. The Morgan fingerprint density at radius 2 is 1.74 bits per heavy atom. The molecule has 8 heteroatoms. The molecule has 2 amide bonds. The van der Waals surface area contributed by atoms with Gasteiger partial charge in [0, 0.05) is 31.9 Å². The van der Waals surface area contributed by atoms with Gasteiger partial charge in [-0.2, -0.15) is 0 Å². The first-order valence-corrected chi connectivity index (χ1v) is 11.3. The van der Waals surface area contributed by atoms with Gasteiger partial charge in [0.2, 0.25) is 11.8 Å². The molecule has 1 saturated heterocycles. The van der Waals surface area contributed by atoms with Gasteiger partial charge in [-0.1, -0.05) is 42.1 Å². The molecule has 0 aliphatic carbocycles. The van der Waals surface area contributed by atoms with Crippen LogP contribution in [-0.4, -0.2) is 65.1 Å². The van der Waals surface area contributed by atoms with Crippen LogP contribution in [0.3, 0.4) is 0 Å². The van der Waals surface area contributed by atoms with E-state index in [2.05, 4.69) is 15.2 Å². The summed E-state index contributed by atoms with van der Waals surface area (Å²) in [5.74, 6) is 0.329. The lowest BCUT2D eigenvalue weighted by molar-refractivity contribution is -0.130. The molecule has 3 aromatic rings. The number of benzene rings is 2. The van der Waals surface area contributed by atoms with E-state index < -0.39 is 0 Å². The molecule has 0 radical (unpaired) electrons. The molecule has 162 valence electrons. The van der Waals surface area contributed by atoms with Gasteiger partial charge < -0.3 is 14.6 Å². The molecule has 2 heterocycles. The minimum Gasteiger partial charge on any atom is -0.431 e. The number of fused-ring (bicyclic) bond motifs is 1. The van der Waals surface area contributed by atoms with Crippen molar-refractivity contribution in [1.82, 2.24) is 14.8 Å². The molecule has 1 aliphatic rings. The summed E-state index contributed by atoms with van der Waals surface area (Å²) in [5, 5.41) is 3.54. The average molecular weight is 439 g/mol. The molecule has 31 heavy (non-hydrogen) atoms. The standard InChI is InChI=1S/C23H26N4O3S/c1-16-6-5-7-17(2)22(16)25-20(28)14-26-10-12-27(13-11-26)21(29)15-31-23-24-18-8-3-4-9-19(18)30-23/h3-9H,10-15H2,1-2H3,(H,25,28). The number of oxazole rings is 1. The number of carbonyl (C=O) groups is 2. The highest BCUT2D eigenvalue weighted by atomic mass is 32.2. The number of aromatic nitrogens is 1. The molecule has 0 spiro atoms. The molecule has 7 nitrogen and oxygen atoms in total. The van der Waals surface area contributed by atoms with E-state index in [-0.39, 0.29) is 11.8 Å². The van der Waals surface area contributed by atoms with Crippen LogP contribution in [0.15, 0.2) is 52.1 Å². The maximum Gasteiger partial charge on any atom is 0.257 e. The van der Waals surface area contributed by atoms with Gasteiger partial charge in [0.25, 0.3) is 5.22 Å². The molecule has 1 fully saturated rings.